The van der Waals surface area contributed by atoms with Crippen LogP contribution in [0.5, 0.6) is 17.2 Å². The van der Waals surface area contributed by atoms with E-state index in [1.54, 1.807) is 49.4 Å². The molecule has 2 aromatic carbocycles. The van der Waals surface area contributed by atoms with Crippen molar-refractivity contribution in [1.29, 1.82) is 0 Å². The third-order valence-corrected chi connectivity index (χ3v) is 6.14. The summed E-state index contributed by atoms with van der Waals surface area (Å²) in [5.74, 6) is 0.781. The minimum Gasteiger partial charge on any atom is -0.497 e. The normalized spacial score (nSPS) is 16.0. The van der Waals surface area contributed by atoms with Crippen LogP contribution in [0.25, 0.3) is 0 Å². The molecule has 0 saturated heterocycles. The largest absolute Gasteiger partial charge is 0.497 e. The summed E-state index contributed by atoms with van der Waals surface area (Å²) in [5.41, 5.74) is 0.857. The quantitative estimate of drug-likeness (QED) is 0.791. The van der Waals surface area contributed by atoms with Gasteiger partial charge < -0.3 is 19.5 Å². The summed E-state index contributed by atoms with van der Waals surface area (Å²) in [7, 11) is -0.553. The maximum atomic E-state index is 12.8. The first-order valence-corrected chi connectivity index (χ1v) is 10.3. The SMILES string of the molecule is CCS(=O)(=O)N1C[C@@H](C(=O)Nc2ccc(OC)cc2OC)Oc2ccccc21. The third kappa shape index (κ3) is 3.84. The molecule has 0 bridgehead atoms. The van der Waals surface area contributed by atoms with Gasteiger partial charge >= 0.3 is 0 Å². The zero-order valence-corrected chi connectivity index (χ0v) is 16.7. The second kappa shape index (κ2) is 7.97. The smallest absolute Gasteiger partial charge is 0.267 e. The van der Waals surface area contributed by atoms with Gasteiger partial charge in [-0.2, -0.15) is 0 Å². The number of para-hydroxylation sites is 2. The van der Waals surface area contributed by atoms with Gasteiger partial charge in [-0.05, 0) is 31.2 Å². The second-order valence-corrected chi connectivity index (χ2v) is 8.24. The molecule has 8 nitrogen and oxygen atoms in total. The van der Waals surface area contributed by atoms with Gasteiger partial charge in [-0.3, -0.25) is 9.10 Å². The second-order valence-electron chi connectivity index (χ2n) is 6.06. The van der Waals surface area contributed by atoms with Crippen LogP contribution in [-0.2, 0) is 14.8 Å². The Balaban J connectivity index is 1.87. The molecule has 9 heteroatoms. The molecule has 0 radical (unpaired) electrons. The molecule has 0 aliphatic carbocycles. The highest BCUT2D eigenvalue weighted by molar-refractivity contribution is 7.92. The molecule has 1 atom stereocenters. The van der Waals surface area contributed by atoms with Crippen molar-refractivity contribution in [3.63, 3.8) is 0 Å². The molecule has 3 rings (SSSR count). The summed E-state index contributed by atoms with van der Waals surface area (Å²) in [6.07, 6.45) is -1.01. The summed E-state index contributed by atoms with van der Waals surface area (Å²) in [5, 5.41) is 2.74. The molecule has 1 heterocycles. The van der Waals surface area contributed by atoms with Crippen LogP contribution in [0.3, 0.4) is 0 Å². The molecular weight excluding hydrogens is 384 g/mol. The van der Waals surface area contributed by atoms with Gasteiger partial charge in [0.1, 0.15) is 17.2 Å². The Labute approximate surface area is 164 Å². The third-order valence-electron chi connectivity index (χ3n) is 4.39. The first-order valence-electron chi connectivity index (χ1n) is 8.68. The van der Waals surface area contributed by atoms with E-state index in [4.69, 9.17) is 14.2 Å². The van der Waals surface area contributed by atoms with Crippen LogP contribution in [0, 0.1) is 0 Å². The number of methoxy groups -OCH3 is 2. The van der Waals surface area contributed by atoms with E-state index in [-0.39, 0.29) is 12.3 Å². The summed E-state index contributed by atoms with van der Waals surface area (Å²) < 4.78 is 42.5. The van der Waals surface area contributed by atoms with Gasteiger partial charge in [0.2, 0.25) is 10.0 Å². The predicted molar refractivity (Wildman–Crippen MR) is 106 cm³/mol. The van der Waals surface area contributed by atoms with Crippen LogP contribution in [-0.4, -0.2) is 46.9 Å². The number of benzene rings is 2. The van der Waals surface area contributed by atoms with Gasteiger partial charge in [-0.15, -0.1) is 0 Å². The zero-order chi connectivity index (χ0) is 20.3. The predicted octanol–water partition coefficient (Wildman–Crippen LogP) is 2.26. The Bertz CT molecular complexity index is 976. The van der Waals surface area contributed by atoms with E-state index in [9.17, 15) is 13.2 Å². The number of sulfonamides is 1. The highest BCUT2D eigenvalue weighted by Gasteiger charge is 2.36. The number of anilines is 2. The van der Waals surface area contributed by atoms with Crippen molar-refractivity contribution in [2.75, 3.05) is 36.1 Å². The average Bonchev–Trinajstić information content (AvgIpc) is 2.73. The molecule has 0 unspecified atom stereocenters. The van der Waals surface area contributed by atoms with Crippen LogP contribution < -0.4 is 23.8 Å². The minimum absolute atomic E-state index is 0.0814. The Kier molecular flexibility index (Phi) is 5.64. The fourth-order valence-corrected chi connectivity index (χ4v) is 4.00. The lowest BCUT2D eigenvalue weighted by Crippen LogP contribution is -2.49. The molecule has 0 aromatic heterocycles. The molecular formula is C19H22N2O6S. The lowest BCUT2D eigenvalue weighted by atomic mass is 10.2. The van der Waals surface area contributed by atoms with Crippen molar-refractivity contribution in [3.8, 4) is 17.2 Å². The first kappa shape index (κ1) is 19.8. The van der Waals surface area contributed by atoms with E-state index in [1.165, 1.54) is 18.5 Å². The van der Waals surface area contributed by atoms with Crippen molar-refractivity contribution in [1.82, 2.24) is 0 Å². The van der Waals surface area contributed by atoms with Gasteiger partial charge in [0.05, 0.1) is 37.9 Å². The van der Waals surface area contributed by atoms with Crippen LogP contribution in [0.15, 0.2) is 42.5 Å². The first-order chi connectivity index (χ1) is 13.4. The van der Waals surface area contributed by atoms with E-state index in [0.717, 1.165) is 0 Å². The number of hydrogen-bond acceptors (Lipinski definition) is 6. The van der Waals surface area contributed by atoms with E-state index < -0.39 is 22.0 Å². The van der Waals surface area contributed by atoms with Crippen molar-refractivity contribution in [2.24, 2.45) is 0 Å². The van der Waals surface area contributed by atoms with Crippen molar-refractivity contribution in [3.05, 3.63) is 42.5 Å². The Morgan fingerprint density at radius 3 is 2.64 bits per heavy atom. The Morgan fingerprint density at radius 2 is 1.96 bits per heavy atom. The van der Waals surface area contributed by atoms with E-state index in [2.05, 4.69) is 5.32 Å². The van der Waals surface area contributed by atoms with Crippen LogP contribution >= 0.6 is 0 Å². The van der Waals surface area contributed by atoms with Gasteiger partial charge in [0.15, 0.2) is 6.10 Å². The fourth-order valence-electron chi connectivity index (χ4n) is 2.87. The molecule has 0 spiro atoms. The maximum Gasteiger partial charge on any atom is 0.267 e. The van der Waals surface area contributed by atoms with Gasteiger partial charge in [0, 0.05) is 6.07 Å². The van der Waals surface area contributed by atoms with Crippen molar-refractivity contribution < 1.29 is 27.4 Å². The highest BCUT2D eigenvalue weighted by Crippen LogP contribution is 2.36. The fraction of sp³-hybridized carbons (Fsp3) is 0.316. The molecule has 1 aliphatic rings. The molecule has 0 fully saturated rings. The monoisotopic (exact) mass is 406 g/mol. The van der Waals surface area contributed by atoms with Gasteiger partial charge in [0.25, 0.3) is 5.91 Å². The Morgan fingerprint density at radius 1 is 1.21 bits per heavy atom. The van der Waals surface area contributed by atoms with E-state index in [0.29, 0.717) is 28.6 Å². The maximum absolute atomic E-state index is 12.8. The van der Waals surface area contributed by atoms with Crippen LogP contribution in [0.1, 0.15) is 6.92 Å². The van der Waals surface area contributed by atoms with Gasteiger partial charge in [-0.1, -0.05) is 12.1 Å². The molecule has 150 valence electrons. The number of carbonyl (C=O) groups excluding carboxylic acids is 1. The van der Waals surface area contributed by atoms with E-state index in [1.807, 2.05) is 0 Å². The molecule has 0 saturated carbocycles. The zero-order valence-electron chi connectivity index (χ0n) is 15.8. The Hall–Kier alpha value is -2.94. The lowest BCUT2D eigenvalue weighted by Gasteiger charge is -2.34. The number of nitrogens with zero attached hydrogens (tertiary/aromatic N) is 1. The van der Waals surface area contributed by atoms with Crippen molar-refractivity contribution in [2.45, 2.75) is 13.0 Å². The number of nitrogens with one attached hydrogen (secondary N) is 1. The summed E-state index contributed by atoms with van der Waals surface area (Å²) >= 11 is 0. The molecule has 1 amide bonds. The summed E-state index contributed by atoms with van der Waals surface area (Å²) in [6.45, 7) is 1.45. The summed E-state index contributed by atoms with van der Waals surface area (Å²) in [6, 6.07) is 11.7. The number of amides is 1. The van der Waals surface area contributed by atoms with Crippen LogP contribution in [0.4, 0.5) is 11.4 Å². The molecule has 1 aliphatic heterocycles. The standard InChI is InChI=1S/C19H22N2O6S/c1-4-28(23,24)21-12-18(27-16-8-6-5-7-15(16)21)19(22)20-14-10-9-13(25-2)11-17(14)26-3/h5-11,18H,4,12H2,1-3H3,(H,20,22)/t18-/m0/s1. The number of rotatable bonds is 6. The van der Waals surface area contributed by atoms with Crippen molar-refractivity contribution >= 4 is 27.3 Å². The van der Waals surface area contributed by atoms with Crippen LogP contribution in [0.2, 0.25) is 0 Å². The van der Waals surface area contributed by atoms with Gasteiger partial charge in [-0.25, -0.2) is 8.42 Å². The van der Waals surface area contributed by atoms with E-state index >= 15 is 0 Å². The molecule has 2 aromatic rings. The number of carbonyl (C=O) groups is 1. The minimum atomic E-state index is -3.56. The lowest BCUT2D eigenvalue weighted by molar-refractivity contribution is -0.122. The number of fused-ring (bicyclic) bond motifs is 1. The number of hydrogen-bond donors (Lipinski definition) is 1. The average molecular weight is 406 g/mol. The number of ether oxygens (including phenoxy) is 3. The molecule has 28 heavy (non-hydrogen) atoms. The summed E-state index contributed by atoms with van der Waals surface area (Å²) in [4.78, 5) is 12.8. The highest BCUT2D eigenvalue weighted by atomic mass is 32.2. The molecule has 1 N–H and O–H groups in total. The topological polar surface area (TPSA) is 94.2 Å².